The van der Waals surface area contributed by atoms with Crippen molar-refractivity contribution in [2.75, 3.05) is 23.4 Å². The molecule has 0 aromatic carbocycles. The van der Waals surface area contributed by atoms with Gasteiger partial charge in [-0.1, -0.05) is 0 Å². The summed E-state index contributed by atoms with van der Waals surface area (Å²) < 4.78 is 7.85. The summed E-state index contributed by atoms with van der Waals surface area (Å²) in [6, 6.07) is 4.37. The Bertz CT molecular complexity index is 652. The smallest absolute Gasteiger partial charge is 0.178 e. The monoisotopic (exact) mass is 305 g/mol. The lowest BCUT2D eigenvalue weighted by Gasteiger charge is -2.38. The lowest BCUT2D eigenvalue weighted by atomic mass is 9.90. The molecule has 0 amide bonds. The van der Waals surface area contributed by atoms with Crippen molar-refractivity contribution in [3.05, 3.63) is 18.0 Å². The van der Waals surface area contributed by atoms with E-state index >= 15 is 0 Å². The Morgan fingerprint density at radius 1 is 1.43 bits per heavy atom. The Balaban J connectivity index is 1.52. The third-order valence-corrected chi connectivity index (χ3v) is 5.55. The van der Waals surface area contributed by atoms with Gasteiger partial charge in [0.05, 0.1) is 5.60 Å². The summed E-state index contributed by atoms with van der Waals surface area (Å²) in [6.07, 6.45) is 3.28. The topological polar surface area (TPSA) is 64.3 Å². The predicted molar refractivity (Wildman–Crippen MR) is 82.8 cm³/mol. The molecule has 4 rings (SSSR count). The zero-order valence-electron chi connectivity index (χ0n) is 12.1. The lowest BCUT2D eigenvalue weighted by molar-refractivity contribution is -0.0628. The van der Waals surface area contributed by atoms with E-state index in [1.54, 1.807) is 4.52 Å². The Kier molecular flexibility index (Phi) is 3.26. The maximum atomic E-state index is 6.06. The van der Waals surface area contributed by atoms with E-state index in [2.05, 4.69) is 20.6 Å². The molecule has 21 heavy (non-hydrogen) atoms. The van der Waals surface area contributed by atoms with Gasteiger partial charge >= 0.3 is 0 Å². The quantitative estimate of drug-likeness (QED) is 0.914. The molecule has 6 nitrogen and oxygen atoms in total. The van der Waals surface area contributed by atoms with Crippen LogP contribution in [0.25, 0.3) is 5.65 Å². The van der Waals surface area contributed by atoms with E-state index in [0.29, 0.717) is 6.04 Å². The summed E-state index contributed by atoms with van der Waals surface area (Å²) in [5.41, 5.74) is 0.880. The van der Waals surface area contributed by atoms with E-state index in [1.165, 1.54) is 12.2 Å². The minimum absolute atomic E-state index is 0.0944. The van der Waals surface area contributed by atoms with Gasteiger partial charge in [0.15, 0.2) is 11.5 Å². The van der Waals surface area contributed by atoms with Gasteiger partial charge in [0.25, 0.3) is 0 Å². The van der Waals surface area contributed by atoms with Crippen molar-refractivity contribution in [3.8, 4) is 0 Å². The Labute approximate surface area is 127 Å². The van der Waals surface area contributed by atoms with E-state index in [0.717, 1.165) is 42.5 Å². The van der Waals surface area contributed by atoms with Crippen LogP contribution in [0.4, 0.5) is 5.82 Å². The zero-order valence-corrected chi connectivity index (χ0v) is 12.9. The second-order valence-electron chi connectivity index (χ2n) is 5.90. The number of ether oxygens (including phenoxy) is 1. The molecule has 2 aliphatic heterocycles. The average molecular weight is 305 g/mol. The van der Waals surface area contributed by atoms with Crippen LogP contribution in [0.3, 0.4) is 0 Å². The molecule has 2 saturated heterocycles. The van der Waals surface area contributed by atoms with Gasteiger partial charge in [-0.3, -0.25) is 0 Å². The molecule has 0 radical (unpaired) electrons. The Morgan fingerprint density at radius 2 is 2.38 bits per heavy atom. The van der Waals surface area contributed by atoms with Crippen molar-refractivity contribution in [2.45, 2.75) is 37.8 Å². The van der Waals surface area contributed by atoms with E-state index in [9.17, 15) is 0 Å². The average Bonchev–Trinajstić information content (AvgIpc) is 3.07. The molecule has 4 heterocycles. The maximum absolute atomic E-state index is 6.06. The van der Waals surface area contributed by atoms with Gasteiger partial charge in [-0.05, 0) is 44.1 Å². The molecule has 2 aliphatic rings. The molecule has 2 fully saturated rings. The summed E-state index contributed by atoms with van der Waals surface area (Å²) in [5.74, 6) is 4.04. The SMILES string of the molecule is Cc1nnc2ccc(N[C@@H]3CCO[C@@]4(CCSC4)C3)nn12. The number of fused-ring (bicyclic) bond motifs is 1. The van der Waals surface area contributed by atoms with E-state index in [1.807, 2.05) is 30.8 Å². The highest BCUT2D eigenvalue weighted by Crippen LogP contribution is 2.38. The highest BCUT2D eigenvalue weighted by atomic mass is 32.2. The number of aromatic nitrogens is 4. The van der Waals surface area contributed by atoms with Crippen molar-refractivity contribution >= 4 is 23.2 Å². The Morgan fingerprint density at radius 3 is 3.24 bits per heavy atom. The first kappa shape index (κ1) is 13.3. The molecular weight excluding hydrogens is 286 g/mol. The molecule has 0 saturated carbocycles. The van der Waals surface area contributed by atoms with Gasteiger partial charge in [-0.25, -0.2) is 0 Å². The fourth-order valence-electron chi connectivity index (χ4n) is 3.20. The van der Waals surface area contributed by atoms with Crippen molar-refractivity contribution in [2.24, 2.45) is 0 Å². The molecular formula is C14H19N5OS. The minimum atomic E-state index is 0.0944. The van der Waals surface area contributed by atoms with Crippen molar-refractivity contribution in [1.29, 1.82) is 0 Å². The summed E-state index contributed by atoms with van der Waals surface area (Å²) in [6.45, 7) is 2.75. The third kappa shape index (κ3) is 2.48. The van der Waals surface area contributed by atoms with Crippen LogP contribution in [0.5, 0.6) is 0 Å². The standard InChI is InChI=1S/C14H19N5OS/c1-10-16-17-13-3-2-12(18-19(10)13)15-11-4-6-20-14(8-11)5-7-21-9-14/h2-3,11H,4-9H2,1H3,(H,15,18)/t11-,14+/m1/s1. The first-order valence-corrected chi connectivity index (χ1v) is 8.57. The van der Waals surface area contributed by atoms with Crippen LogP contribution in [0.2, 0.25) is 0 Å². The number of thioether (sulfide) groups is 1. The molecule has 2 aromatic heterocycles. The molecule has 0 bridgehead atoms. The summed E-state index contributed by atoms with van der Waals surface area (Å²) in [5, 5.41) is 16.2. The van der Waals surface area contributed by atoms with Crippen LogP contribution in [0, 0.1) is 6.92 Å². The van der Waals surface area contributed by atoms with Gasteiger partial charge in [0, 0.05) is 18.4 Å². The molecule has 0 aliphatic carbocycles. The van der Waals surface area contributed by atoms with E-state index in [4.69, 9.17) is 4.74 Å². The first-order valence-electron chi connectivity index (χ1n) is 7.41. The van der Waals surface area contributed by atoms with Gasteiger partial charge in [0.1, 0.15) is 5.82 Å². The fraction of sp³-hybridized carbons (Fsp3) is 0.643. The van der Waals surface area contributed by atoms with Crippen LogP contribution in [-0.4, -0.2) is 49.6 Å². The van der Waals surface area contributed by atoms with Gasteiger partial charge < -0.3 is 10.1 Å². The van der Waals surface area contributed by atoms with E-state index < -0.39 is 0 Å². The summed E-state index contributed by atoms with van der Waals surface area (Å²) in [4.78, 5) is 0. The summed E-state index contributed by atoms with van der Waals surface area (Å²) in [7, 11) is 0. The van der Waals surface area contributed by atoms with E-state index in [-0.39, 0.29) is 5.60 Å². The van der Waals surface area contributed by atoms with Crippen LogP contribution >= 0.6 is 11.8 Å². The number of aryl methyl sites for hydroxylation is 1. The molecule has 0 unspecified atom stereocenters. The summed E-state index contributed by atoms with van der Waals surface area (Å²) >= 11 is 2.00. The highest BCUT2D eigenvalue weighted by molar-refractivity contribution is 7.99. The van der Waals surface area contributed by atoms with Gasteiger partial charge in [-0.15, -0.1) is 15.3 Å². The fourth-order valence-corrected chi connectivity index (χ4v) is 4.57. The number of anilines is 1. The number of nitrogens with one attached hydrogen (secondary N) is 1. The maximum Gasteiger partial charge on any atom is 0.178 e. The minimum Gasteiger partial charge on any atom is -0.374 e. The van der Waals surface area contributed by atoms with Gasteiger partial charge in [-0.2, -0.15) is 16.3 Å². The molecule has 7 heteroatoms. The van der Waals surface area contributed by atoms with Crippen LogP contribution in [0.15, 0.2) is 12.1 Å². The molecule has 2 aromatic rings. The van der Waals surface area contributed by atoms with Gasteiger partial charge in [0.2, 0.25) is 0 Å². The van der Waals surface area contributed by atoms with Crippen molar-refractivity contribution < 1.29 is 4.74 Å². The van der Waals surface area contributed by atoms with Crippen LogP contribution in [0.1, 0.15) is 25.1 Å². The largest absolute Gasteiger partial charge is 0.374 e. The number of rotatable bonds is 2. The third-order valence-electron chi connectivity index (χ3n) is 4.33. The normalized spacial score (nSPS) is 29.3. The second-order valence-corrected chi connectivity index (χ2v) is 7.01. The molecule has 2 atom stereocenters. The number of nitrogens with zero attached hydrogens (tertiary/aromatic N) is 4. The molecule has 112 valence electrons. The van der Waals surface area contributed by atoms with Crippen LogP contribution < -0.4 is 5.32 Å². The van der Waals surface area contributed by atoms with Crippen molar-refractivity contribution in [3.63, 3.8) is 0 Å². The zero-order chi connectivity index (χ0) is 14.3. The van der Waals surface area contributed by atoms with Crippen LogP contribution in [-0.2, 0) is 4.74 Å². The number of hydrogen-bond donors (Lipinski definition) is 1. The second kappa shape index (κ2) is 5.14. The molecule has 1 N–H and O–H groups in total. The first-order chi connectivity index (χ1) is 10.2. The lowest BCUT2D eigenvalue weighted by Crippen LogP contribution is -2.44. The highest BCUT2D eigenvalue weighted by Gasteiger charge is 2.40. The number of hydrogen-bond acceptors (Lipinski definition) is 6. The predicted octanol–water partition coefficient (Wildman–Crippen LogP) is 1.90. The molecule has 1 spiro atoms. The van der Waals surface area contributed by atoms with Crippen molar-refractivity contribution in [1.82, 2.24) is 19.8 Å². The Hall–Kier alpha value is -1.34.